The number of benzene rings is 2. The highest BCUT2D eigenvalue weighted by Crippen LogP contribution is 2.44. The summed E-state index contributed by atoms with van der Waals surface area (Å²) in [5.74, 6) is 2.85. The third kappa shape index (κ3) is 4.78. The second kappa shape index (κ2) is 9.58. The summed E-state index contributed by atoms with van der Waals surface area (Å²) >= 11 is 0. The highest BCUT2D eigenvalue weighted by atomic mass is 16.5. The summed E-state index contributed by atoms with van der Waals surface area (Å²) in [7, 11) is 1.41. The van der Waals surface area contributed by atoms with Crippen LogP contribution in [-0.4, -0.2) is 22.6 Å². The predicted octanol–water partition coefficient (Wildman–Crippen LogP) is 7.32. The van der Waals surface area contributed by atoms with E-state index in [0.29, 0.717) is 35.3 Å². The van der Waals surface area contributed by atoms with Crippen LogP contribution in [0.2, 0.25) is 0 Å². The van der Waals surface area contributed by atoms with Gasteiger partial charge < -0.3 is 14.6 Å². The van der Waals surface area contributed by atoms with Crippen LogP contribution < -0.4 is 5.32 Å². The first kappa shape index (κ1) is 23.3. The molecular weight excluding hydrogens is 410 g/mol. The van der Waals surface area contributed by atoms with E-state index < -0.39 is 0 Å². The third-order valence-electron chi connectivity index (χ3n) is 7.26. The molecule has 1 aliphatic carbocycles. The first-order valence-electron chi connectivity index (χ1n) is 12.3. The molecule has 0 saturated heterocycles. The summed E-state index contributed by atoms with van der Waals surface area (Å²) in [6.45, 7) is 11.4. The summed E-state index contributed by atoms with van der Waals surface area (Å²) in [6, 6.07) is 14.7. The number of aromatic nitrogens is 2. The molecule has 0 aliphatic heterocycles. The number of nitrogens with one attached hydrogen (secondary N) is 1. The molecule has 1 N–H and O–H groups in total. The molecule has 5 heteroatoms. The van der Waals surface area contributed by atoms with Crippen LogP contribution in [0.25, 0.3) is 11.0 Å². The highest BCUT2D eigenvalue weighted by Gasteiger charge is 2.34. The summed E-state index contributed by atoms with van der Waals surface area (Å²) in [5.41, 5.74) is 4.75. The Hall–Kier alpha value is -2.82. The van der Waals surface area contributed by atoms with Crippen LogP contribution >= 0.6 is 0 Å². The number of carbonyl (C=O) groups is 1. The zero-order valence-corrected chi connectivity index (χ0v) is 20.8. The first-order valence-corrected chi connectivity index (χ1v) is 12.3. The van der Waals surface area contributed by atoms with Gasteiger partial charge in [0.15, 0.2) is 0 Å². The van der Waals surface area contributed by atoms with Crippen molar-refractivity contribution in [1.82, 2.24) is 9.55 Å². The summed E-state index contributed by atoms with van der Waals surface area (Å²) in [6.07, 6.45) is 3.64. The number of methoxy groups -OCH3 is 1. The molecule has 1 fully saturated rings. The van der Waals surface area contributed by atoms with E-state index in [9.17, 15) is 4.79 Å². The van der Waals surface area contributed by atoms with Gasteiger partial charge in [0.25, 0.3) is 0 Å². The number of hydrogen-bond acceptors (Lipinski definition) is 4. The molecule has 5 nitrogen and oxygen atoms in total. The van der Waals surface area contributed by atoms with E-state index in [1.165, 1.54) is 25.5 Å². The van der Waals surface area contributed by atoms with Crippen molar-refractivity contribution in [2.75, 3.05) is 12.4 Å². The Labute approximate surface area is 197 Å². The zero-order chi connectivity index (χ0) is 23.7. The molecule has 176 valence electrons. The normalized spacial score (nSPS) is 21.0. The molecule has 0 bridgehead atoms. The lowest BCUT2D eigenvalue weighted by Gasteiger charge is -2.39. The molecule has 0 amide bonds. The fraction of sp³-hybridized carbons (Fsp3) is 0.500. The van der Waals surface area contributed by atoms with Crippen LogP contribution in [0.1, 0.15) is 81.8 Å². The van der Waals surface area contributed by atoms with Crippen LogP contribution in [0.5, 0.6) is 0 Å². The number of rotatable bonds is 6. The molecule has 0 radical (unpaired) electrons. The van der Waals surface area contributed by atoms with Gasteiger partial charge in [0, 0.05) is 11.7 Å². The van der Waals surface area contributed by atoms with Crippen LogP contribution in [0.4, 0.5) is 11.6 Å². The average molecular weight is 448 g/mol. The van der Waals surface area contributed by atoms with Crippen LogP contribution in [0, 0.1) is 17.8 Å². The summed E-state index contributed by atoms with van der Waals surface area (Å²) in [4.78, 5) is 17.1. The second-order valence-corrected chi connectivity index (χ2v) is 10.3. The molecule has 4 rings (SSSR count). The number of imidazole rings is 1. The van der Waals surface area contributed by atoms with E-state index in [1.807, 2.05) is 18.2 Å². The van der Waals surface area contributed by atoms with Crippen molar-refractivity contribution in [3.63, 3.8) is 0 Å². The van der Waals surface area contributed by atoms with E-state index in [1.54, 1.807) is 0 Å². The first-order chi connectivity index (χ1) is 15.8. The topological polar surface area (TPSA) is 56.1 Å². The van der Waals surface area contributed by atoms with Crippen molar-refractivity contribution < 1.29 is 9.53 Å². The molecule has 1 saturated carbocycles. The lowest BCUT2D eigenvalue weighted by Crippen LogP contribution is -2.30. The van der Waals surface area contributed by atoms with Crippen molar-refractivity contribution in [2.24, 2.45) is 17.8 Å². The van der Waals surface area contributed by atoms with E-state index in [2.05, 4.69) is 68.8 Å². The van der Waals surface area contributed by atoms with Gasteiger partial charge in [0.1, 0.15) is 0 Å². The van der Waals surface area contributed by atoms with Gasteiger partial charge in [-0.25, -0.2) is 9.78 Å². The largest absolute Gasteiger partial charge is 0.465 e. The third-order valence-corrected chi connectivity index (χ3v) is 7.26. The molecule has 3 aromatic rings. The number of nitrogens with zero attached hydrogens (tertiary/aromatic N) is 2. The summed E-state index contributed by atoms with van der Waals surface area (Å²) in [5, 5.41) is 3.60. The number of esters is 1. The van der Waals surface area contributed by atoms with E-state index in [0.717, 1.165) is 29.1 Å². The Bertz CT molecular complexity index is 1110. The Morgan fingerprint density at radius 2 is 1.82 bits per heavy atom. The Morgan fingerprint density at radius 3 is 2.45 bits per heavy atom. The van der Waals surface area contributed by atoms with Crippen molar-refractivity contribution in [2.45, 2.75) is 65.8 Å². The van der Waals surface area contributed by atoms with E-state index in [4.69, 9.17) is 9.72 Å². The Kier molecular flexibility index (Phi) is 6.78. The minimum absolute atomic E-state index is 0.337. The molecule has 0 spiro atoms. The van der Waals surface area contributed by atoms with Gasteiger partial charge in [-0.15, -0.1) is 0 Å². The molecule has 0 unspecified atom stereocenters. The monoisotopic (exact) mass is 447 g/mol. The maximum absolute atomic E-state index is 12.1. The lowest BCUT2D eigenvalue weighted by atomic mass is 9.74. The minimum atomic E-state index is -0.337. The quantitative estimate of drug-likeness (QED) is 0.402. The van der Waals surface area contributed by atoms with Crippen molar-refractivity contribution in [3.05, 3.63) is 53.6 Å². The van der Waals surface area contributed by atoms with Gasteiger partial charge in [0.05, 0.1) is 23.7 Å². The molecule has 1 aliphatic rings. The standard InChI is InChI=1S/C28H37N3O2/c1-17(2)20-8-11-22(12-9-20)29-28-30-24-16-21(27(32)33-6)10-14-25(24)31(28)26-15-19(5)7-13-23(26)18(3)4/h8-12,14,16-19,23,26H,7,13,15H2,1-6H3,(H,29,30)/t19-,23+,26-/m1/s1. The van der Waals surface area contributed by atoms with Gasteiger partial charge in [-0.1, -0.05) is 53.2 Å². The highest BCUT2D eigenvalue weighted by molar-refractivity contribution is 5.94. The van der Waals surface area contributed by atoms with Crippen molar-refractivity contribution in [1.29, 1.82) is 0 Å². The van der Waals surface area contributed by atoms with Crippen LogP contribution in [-0.2, 0) is 4.74 Å². The van der Waals surface area contributed by atoms with Gasteiger partial charge in [0.2, 0.25) is 5.95 Å². The SMILES string of the molecule is COC(=O)c1ccc2c(c1)nc(Nc1ccc(C(C)C)cc1)n2[C@@H]1C[C@H](C)CC[C@H]1C(C)C. The maximum Gasteiger partial charge on any atom is 0.337 e. The number of fused-ring (bicyclic) bond motifs is 1. The minimum Gasteiger partial charge on any atom is -0.465 e. The summed E-state index contributed by atoms with van der Waals surface area (Å²) < 4.78 is 7.33. The molecule has 1 aromatic heterocycles. The molecule has 33 heavy (non-hydrogen) atoms. The van der Waals surface area contributed by atoms with Crippen molar-refractivity contribution in [3.8, 4) is 0 Å². The number of ether oxygens (including phenoxy) is 1. The molecule has 2 aromatic carbocycles. The molecule has 3 atom stereocenters. The molecule has 1 heterocycles. The second-order valence-electron chi connectivity index (χ2n) is 10.3. The van der Waals surface area contributed by atoms with Gasteiger partial charge in [-0.2, -0.15) is 0 Å². The van der Waals surface area contributed by atoms with Crippen LogP contribution in [0.15, 0.2) is 42.5 Å². The van der Waals surface area contributed by atoms with Crippen molar-refractivity contribution >= 4 is 28.6 Å². The fourth-order valence-electron chi connectivity index (χ4n) is 5.30. The number of carbonyl (C=O) groups excluding carboxylic acids is 1. The van der Waals surface area contributed by atoms with E-state index >= 15 is 0 Å². The smallest absolute Gasteiger partial charge is 0.337 e. The zero-order valence-electron chi connectivity index (χ0n) is 20.8. The Balaban J connectivity index is 1.81. The van der Waals surface area contributed by atoms with Crippen LogP contribution in [0.3, 0.4) is 0 Å². The maximum atomic E-state index is 12.1. The fourth-order valence-corrected chi connectivity index (χ4v) is 5.30. The number of anilines is 2. The van der Waals surface area contributed by atoms with Gasteiger partial charge >= 0.3 is 5.97 Å². The lowest BCUT2D eigenvalue weighted by molar-refractivity contribution is 0.0601. The van der Waals surface area contributed by atoms with E-state index in [-0.39, 0.29) is 5.97 Å². The predicted molar refractivity (Wildman–Crippen MR) is 135 cm³/mol. The molecular formula is C28H37N3O2. The van der Waals surface area contributed by atoms with Gasteiger partial charge in [-0.3, -0.25) is 0 Å². The number of hydrogen-bond donors (Lipinski definition) is 1. The van der Waals surface area contributed by atoms with Gasteiger partial charge in [-0.05, 0) is 72.4 Å². The average Bonchev–Trinajstić information content (AvgIpc) is 3.15. The Morgan fingerprint density at radius 1 is 1.09 bits per heavy atom.